The first kappa shape index (κ1) is 22.2. The lowest BCUT2D eigenvalue weighted by atomic mass is 10.1. The number of hydrogen-bond acceptors (Lipinski definition) is 7. The number of H-pyrrole nitrogens is 1. The van der Waals surface area contributed by atoms with Crippen molar-refractivity contribution in [3.8, 4) is 5.75 Å². The Morgan fingerprint density at radius 2 is 1.85 bits per heavy atom. The van der Waals surface area contributed by atoms with Crippen LogP contribution >= 0.6 is 0 Å². The van der Waals surface area contributed by atoms with Gasteiger partial charge in [0.15, 0.2) is 9.84 Å². The van der Waals surface area contributed by atoms with Gasteiger partial charge in [-0.1, -0.05) is 18.2 Å². The van der Waals surface area contributed by atoms with Crippen LogP contribution in [0.15, 0.2) is 60.9 Å². The lowest BCUT2D eigenvalue weighted by Gasteiger charge is -2.12. The van der Waals surface area contributed by atoms with E-state index in [1.165, 1.54) is 6.26 Å². The number of ether oxygens (including phenoxy) is 1. The fraction of sp³-hybridized carbons (Fsp3) is 0.130. The maximum atomic E-state index is 11.8. The highest BCUT2D eigenvalue weighted by atomic mass is 32.2. The fourth-order valence-electron chi connectivity index (χ4n) is 3.56. The highest BCUT2D eigenvalue weighted by Gasteiger charge is 2.13. The fourth-order valence-corrected chi connectivity index (χ4v) is 4.35. The topological polar surface area (TPSA) is 139 Å². The molecule has 2 heterocycles. The highest BCUT2D eigenvalue weighted by Crippen LogP contribution is 2.33. The van der Waals surface area contributed by atoms with Crippen LogP contribution in [-0.4, -0.2) is 37.7 Å². The van der Waals surface area contributed by atoms with Gasteiger partial charge in [0, 0.05) is 11.6 Å². The van der Waals surface area contributed by atoms with Crippen LogP contribution in [0.5, 0.6) is 5.75 Å². The molecule has 0 bridgehead atoms. The first-order chi connectivity index (χ1) is 15.7. The summed E-state index contributed by atoms with van der Waals surface area (Å²) in [7, 11) is -1.63. The van der Waals surface area contributed by atoms with Crippen LogP contribution in [0.2, 0.25) is 0 Å². The Hall–Kier alpha value is -4.05. The van der Waals surface area contributed by atoms with Crippen molar-refractivity contribution in [3.63, 3.8) is 0 Å². The van der Waals surface area contributed by atoms with Gasteiger partial charge in [0.25, 0.3) is 5.91 Å². The smallest absolute Gasteiger partial charge is 0.250 e. The molecule has 0 fully saturated rings. The molecule has 2 aromatic heterocycles. The number of aromatic nitrogens is 2. The van der Waals surface area contributed by atoms with Gasteiger partial charge in [0.1, 0.15) is 11.6 Å². The predicted molar refractivity (Wildman–Crippen MR) is 129 cm³/mol. The van der Waals surface area contributed by atoms with Crippen LogP contribution in [-0.2, 0) is 15.6 Å². The Kier molecular flexibility index (Phi) is 5.93. The summed E-state index contributed by atoms with van der Waals surface area (Å²) in [6.45, 7) is 0. The zero-order valence-corrected chi connectivity index (χ0v) is 18.9. The Morgan fingerprint density at radius 3 is 2.58 bits per heavy atom. The van der Waals surface area contributed by atoms with E-state index in [9.17, 15) is 13.2 Å². The molecule has 0 atom stereocenters. The van der Waals surface area contributed by atoms with Crippen molar-refractivity contribution in [1.82, 2.24) is 9.97 Å². The minimum absolute atomic E-state index is 0.0738. The van der Waals surface area contributed by atoms with E-state index in [0.717, 1.165) is 10.9 Å². The van der Waals surface area contributed by atoms with Crippen LogP contribution < -0.4 is 21.1 Å². The summed E-state index contributed by atoms with van der Waals surface area (Å²) in [5.41, 5.74) is 9.13. The van der Waals surface area contributed by atoms with E-state index in [4.69, 9.17) is 10.5 Å². The van der Waals surface area contributed by atoms with Crippen LogP contribution in [0.1, 0.15) is 15.9 Å². The van der Waals surface area contributed by atoms with Crippen LogP contribution in [0.4, 0.5) is 22.9 Å². The molecule has 170 valence electrons. The number of nitrogens with two attached hydrogens (primary N) is 1. The molecule has 1 amide bonds. The second-order valence-electron chi connectivity index (χ2n) is 7.60. The number of pyridine rings is 1. The predicted octanol–water partition coefficient (Wildman–Crippen LogP) is 3.70. The number of amides is 1. The molecule has 0 aliphatic carbocycles. The standard InChI is InChI=1S/C23H23N5O4S/c1-32-21-8-7-14(13-33(2,30)31)9-18(21)27-22-10-16-19(11-25-12-20(16)28-22)26-17-6-4-3-5-15(17)23(24)29/h3-12,26-28H,13H2,1-2H3,(H2,24,29). The maximum absolute atomic E-state index is 11.8. The number of aromatic amines is 1. The maximum Gasteiger partial charge on any atom is 0.250 e. The first-order valence-electron chi connectivity index (χ1n) is 9.98. The summed E-state index contributed by atoms with van der Waals surface area (Å²) in [6.07, 6.45) is 4.54. The van der Waals surface area contributed by atoms with Gasteiger partial charge in [0.2, 0.25) is 0 Å². The molecule has 0 spiro atoms. The SMILES string of the molecule is COc1ccc(CS(C)(=O)=O)cc1Nc1cc2c(Nc3ccccc3C(N)=O)cncc2[nH]1. The molecule has 0 saturated carbocycles. The lowest BCUT2D eigenvalue weighted by molar-refractivity contribution is 0.100. The Bertz CT molecular complexity index is 1450. The van der Waals surface area contributed by atoms with E-state index in [0.29, 0.717) is 39.8 Å². The van der Waals surface area contributed by atoms with Crippen molar-refractivity contribution in [3.05, 3.63) is 72.1 Å². The molecule has 4 aromatic rings. The van der Waals surface area contributed by atoms with Crippen LogP contribution in [0, 0.1) is 0 Å². The van der Waals surface area contributed by atoms with E-state index in [2.05, 4.69) is 20.6 Å². The number of benzene rings is 2. The number of nitrogens with one attached hydrogen (secondary N) is 3. The van der Waals surface area contributed by atoms with Gasteiger partial charge in [-0.15, -0.1) is 0 Å². The number of anilines is 4. The van der Waals surface area contributed by atoms with Crippen molar-refractivity contribution in [2.75, 3.05) is 24.0 Å². The number of fused-ring (bicyclic) bond motifs is 1. The second-order valence-corrected chi connectivity index (χ2v) is 9.74. The minimum Gasteiger partial charge on any atom is -0.495 e. The molecule has 9 nitrogen and oxygen atoms in total. The van der Waals surface area contributed by atoms with E-state index in [1.807, 2.05) is 12.1 Å². The molecule has 0 saturated heterocycles. The van der Waals surface area contributed by atoms with Gasteiger partial charge in [0.05, 0.1) is 53.4 Å². The average molecular weight is 466 g/mol. The summed E-state index contributed by atoms with van der Waals surface area (Å²) in [5.74, 6) is 0.614. The molecule has 0 radical (unpaired) electrons. The molecule has 4 rings (SSSR count). The summed E-state index contributed by atoms with van der Waals surface area (Å²) in [5, 5.41) is 7.32. The van der Waals surface area contributed by atoms with Gasteiger partial charge in [-0.05, 0) is 35.9 Å². The zero-order valence-electron chi connectivity index (χ0n) is 18.0. The van der Waals surface area contributed by atoms with E-state index < -0.39 is 15.7 Å². The molecule has 5 N–H and O–H groups in total. The molecule has 2 aromatic carbocycles. The third kappa shape index (κ3) is 5.07. The number of nitrogens with zero attached hydrogens (tertiary/aromatic N) is 1. The third-order valence-electron chi connectivity index (χ3n) is 4.97. The highest BCUT2D eigenvalue weighted by molar-refractivity contribution is 7.89. The Labute approximate surface area is 190 Å². The van der Waals surface area contributed by atoms with Crippen LogP contribution in [0.3, 0.4) is 0 Å². The molecule has 0 aliphatic heterocycles. The van der Waals surface area contributed by atoms with E-state index in [-0.39, 0.29) is 5.75 Å². The van der Waals surface area contributed by atoms with Crippen molar-refractivity contribution in [2.45, 2.75) is 5.75 Å². The van der Waals surface area contributed by atoms with Crippen LogP contribution in [0.25, 0.3) is 10.9 Å². The van der Waals surface area contributed by atoms with Crippen molar-refractivity contribution in [1.29, 1.82) is 0 Å². The largest absolute Gasteiger partial charge is 0.495 e. The third-order valence-corrected chi connectivity index (χ3v) is 5.83. The minimum atomic E-state index is -3.18. The normalized spacial score (nSPS) is 11.3. The molecule has 33 heavy (non-hydrogen) atoms. The zero-order chi connectivity index (χ0) is 23.6. The number of rotatable bonds is 8. The number of methoxy groups -OCH3 is 1. The van der Waals surface area contributed by atoms with Gasteiger partial charge < -0.3 is 26.1 Å². The molecular formula is C23H23N5O4S. The van der Waals surface area contributed by atoms with Crippen molar-refractivity contribution < 1.29 is 17.9 Å². The van der Waals surface area contributed by atoms with Crippen molar-refractivity contribution in [2.24, 2.45) is 5.73 Å². The van der Waals surface area contributed by atoms with E-state index >= 15 is 0 Å². The molecular weight excluding hydrogens is 442 g/mol. The molecule has 0 aliphatic rings. The Balaban J connectivity index is 1.68. The number of carbonyl (C=O) groups is 1. The summed E-state index contributed by atoms with van der Waals surface area (Å²) in [4.78, 5) is 19.3. The summed E-state index contributed by atoms with van der Waals surface area (Å²) in [6, 6.07) is 14.0. The monoisotopic (exact) mass is 465 g/mol. The summed E-state index contributed by atoms with van der Waals surface area (Å²) >= 11 is 0. The number of hydrogen-bond donors (Lipinski definition) is 4. The quantitative estimate of drug-likeness (QED) is 0.311. The number of sulfone groups is 1. The average Bonchev–Trinajstić information content (AvgIpc) is 3.16. The number of para-hydroxylation sites is 1. The van der Waals surface area contributed by atoms with E-state index in [1.54, 1.807) is 55.9 Å². The first-order valence-corrected chi connectivity index (χ1v) is 12.0. The van der Waals surface area contributed by atoms with Gasteiger partial charge >= 0.3 is 0 Å². The van der Waals surface area contributed by atoms with Gasteiger partial charge in [-0.2, -0.15) is 0 Å². The summed E-state index contributed by atoms with van der Waals surface area (Å²) < 4.78 is 28.8. The number of carbonyl (C=O) groups excluding carboxylic acids is 1. The van der Waals surface area contributed by atoms with Gasteiger partial charge in [-0.3, -0.25) is 9.78 Å². The van der Waals surface area contributed by atoms with Crippen molar-refractivity contribution >= 4 is 49.5 Å². The lowest BCUT2D eigenvalue weighted by Crippen LogP contribution is -2.13. The van der Waals surface area contributed by atoms with Gasteiger partial charge in [-0.25, -0.2) is 8.42 Å². The molecule has 10 heteroatoms. The molecule has 0 unspecified atom stereocenters. The Morgan fingerprint density at radius 1 is 1.06 bits per heavy atom. The second kappa shape index (κ2) is 8.83. The number of primary amides is 1.